The van der Waals surface area contributed by atoms with Crippen molar-refractivity contribution in [2.45, 2.75) is 190 Å². The van der Waals surface area contributed by atoms with Gasteiger partial charge in [-0.2, -0.15) is 0 Å². The molecule has 56 heavy (non-hydrogen) atoms. The minimum Gasteiger partial charge on any atom is -0.481 e. The van der Waals surface area contributed by atoms with Crippen molar-refractivity contribution in [3.8, 4) is 0 Å². The van der Waals surface area contributed by atoms with Crippen LogP contribution in [-0.2, 0) is 33.6 Å². The molecule has 0 bridgehead atoms. The lowest BCUT2D eigenvalue weighted by molar-refractivity contribution is -0.138. The number of carboxylic acid groups (broad SMARTS) is 1. The molecule has 0 aromatic rings. The second-order valence-corrected chi connectivity index (χ2v) is 17.7. The van der Waals surface area contributed by atoms with Gasteiger partial charge in [0.05, 0.1) is 12.3 Å². The molecule has 0 fully saturated rings. The lowest BCUT2D eigenvalue weighted by Crippen LogP contribution is -2.49. The number of hydrogen-bond donors (Lipinski definition) is 8. The summed E-state index contributed by atoms with van der Waals surface area (Å²) in [5.74, 6) is -2.54. The van der Waals surface area contributed by atoms with Crippen LogP contribution in [0.25, 0.3) is 0 Å². The van der Waals surface area contributed by atoms with E-state index in [9.17, 15) is 38.7 Å². The number of carbonyl (C=O) groups is 7. The van der Waals surface area contributed by atoms with E-state index in [0.29, 0.717) is 25.2 Å². The largest absolute Gasteiger partial charge is 0.481 e. The van der Waals surface area contributed by atoms with Crippen LogP contribution in [0.5, 0.6) is 0 Å². The molecule has 9 N–H and O–H groups in total. The molecule has 15 heteroatoms. The summed E-state index contributed by atoms with van der Waals surface area (Å²) in [5.41, 5.74) is 6.05. The molecule has 0 radical (unpaired) electrons. The van der Waals surface area contributed by atoms with Gasteiger partial charge in [0.15, 0.2) is 0 Å². The minimum atomic E-state index is -0.998. The summed E-state index contributed by atoms with van der Waals surface area (Å²) in [6.07, 6.45) is 2.35. The molecule has 0 unspecified atom stereocenters. The maximum Gasteiger partial charge on any atom is 0.305 e. The Morgan fingerprint density at radius 3 is 1.16 bits per heavy atom. The fourth-order valence-electron chi connectivity index (χ4n) is 6.77. The molecule has 0 aromatic carbocycles. The molecule has 324 valence electrons. The highest BCUT2D eigenvalue weighted by Crippen LogP contribution is 2.14. The third-order valence-corrected chi connectivity index (χ3v) is 9.20. The summed E-state index contributed by atoms with van der Waals surface area (Å²) in [7, 11) is 0. The quantitative estimate of drug-likeness (QED) is 0.0578. The smallest absolute Gasteiger partial charge is 0.305 e. The van der Waals surface area contributed by atoms with Crippen LogP contribution in [0.4, 0.5) is 0 Å². The van der Waals surface area contributed by atoms with E-state index in [0.717, 1.165) is 6.42 Å². The average molecular weight is 796 g/mol. The first kappa shape index (κ1) is 52.2. The summed E-state index contributed by atoms with van der Waals surface area (Å²) >= 11 is 0. The molecule has 0 heterocycles. The van der Waals surface area contributed by atoms with Gasteiger partial charge in [0.2, 0.25) is 35.4 Å². The second-order valence-electron chi connectivity index (χ2n) is 17.7. The van der Waals surface area contributed by atoms with Crippen LogP contribution in [0.3, 0.4) is 0 Å². The molecule has 0 aliphatic rings. The third-order valence-electron chi connectivity index (χ3n) is 9.20. The van der Waals surface area contributed by atoms with Crippen molar-refractivity contribution in [2.75, 3.05) is 0 Å². The van der Waals surface area contributed by atoms with Crippen LogP contribution < -0.4 is 37.6 Å². The Balaban J connectivity index is 5.20. The molecule has 0 spiro atoms. The first-order chi connectivity index (χ1) is 25.9. The van der Waals surface area contributed by atoms with Gasteiger partial charge < -0.3 is 42.7 Å². The molecule has 15 nitrogen and oxygen atoms in total. The number of amides is 6. The molecule has 0 aliphatic heterocycles. The van der Waals surface area contributed by atoms with Crippen LogP contribution in [0.15, 0.2) is 0 Å². The van der Waals surface area contributed by atoms with E-state index in [2.05, 4.69) is 31.9 Å². The maximum absolute atomic E-state index is 13.4. The number of nitrogens with two attached hydrogens (primary N) is 1. The molecular formula is C41H77N7O8. The minimum absolute atomic E-state index is 0.0110. The Labute approximate surface area is 336 Å². The number of hydrogen-bond acceptors (Lipinski definition) is 8. The van der Waals surface area contributed by atoms with Gasteiger partial charge in [-0.3, -0.25) is 33.6 Å². The standard InChI is InChI=1S/C41H77N7O8/c1-23(2)13-31(42)19-37(51)43-27(9)17-35(49)46-32(14-24(3)4)20-39(53)45-30(12)29(11)41(56)48-33(15-25(5)6)21-38(52)44-28(10)18-36(50)47-34(16-26(7)8)22-40(54)55/h23-34H,13-22,42H2,1-12H3,(H,43,51)(H,44,52)(H,45,53)(H,46,49)(H,47,50)(H,48,56)(H,54,55)/t27-,28-,29-,30-,31-,32-,33-,34-/m0/s1. The molecule has 0 saturated heterocycles. The Bertz CT molecular complexity index is 1260. The van der Waals surface area contributed by atoms with E-state index < -0.39 is 48.1 Å². The first-order valence-electron chi connectivity index (χ1n) is 20.6. The van der Waals surface area contributed by atoms with Crippen molar-refractivity contribution in [3.05, 3.63) is 0 Å². The zero-order valence-electron chi connectivity index (χ0n) is 36.4. The van der Waals surface area contributed by atoms with E-state index >= 15 is 0 Å². The monoisotopic (exact) mass is 796 g/mol. The van der Waals surface area contributed by atoms with E-state index in [-0.39, 0.29) is 97.8 Å². The van der Waals surface area contributed by atoms with Crippen LogP contribution >= 0.6 is 0 Å². The first-order valence-corrected chi connectivity index (χ1v) is 20.6. The highest BCUT2D eigenvalue weighted by molar-refractivity contribution is 5.84. The van der Waals surface area contributed by atoms with Gasteiger partial charge in [0.25, 0.3) is 0 Å². The predicted octanol–water partition coefficient (Wildman–Crippen LogP) is 3.53. The van der Waals surface area contributed by atoms with Gasteiger partial charge in [-0.25, -0.2) is 0 Å². The number of aliphatic carboxylic acids is 1. The van der Waals surface area contributed by atoms with E-state index in [1.54, 1.807) is 27.7 Å². The maximum atomic E-state index is 13.4. The van der Waals surface area contributed by atoms with Gasteiger partial charge in [0.1, 0.15) is 0 Å². The number of nitrogens with one attached hydrogen (secondary N) is 6. The third kappa shape index (κ3) is 26.2. The molecule has 0 rings (SSSR count). The molecule has 8 atom stereocenters. The zero-order chi connectivity index (χ0) is 43.3. The molecule has 0 aliphatic carbocycles. The SMILES string of the molecule is CC(C)C[C@H](N)CC(=O)N[C@@H](C)CC(=O)N[C@H](CC(=O)N[C@@H](C)[C@H](C)C(=O)N[C@H](CC(=O)N[C@@H](C)CC(=O)N[C@H](CC(=O)O)CC(C)C)CC(C)C)CC(C)C. The highest BCUT2D eigenvalue weighted by Gasteiger charge is 2.28. The Kier molecular flexibility index (Phi) is 25.2. The summed E-state index contributed by atoms with van der Waals surface area (Å²) in [6.45, 7) is 22.8. The van der Waals surface area contributed by atoms with Crippen LogP contribution in [-0.4, -0.2) is 88.8 Å². The molecular weight excluding hydrogens is 718 g/mol. The van der Waals surface area contributed by atoms with Crippen molar-refractivity contribution in [3.63, 3.8) is 0 Å². The van der Waals surface area contributed by atoms with Gasteiger partial charge in [-0.05, 0) is 70.1 Å². The van der Waals surface area contributed by atoms with Gasteiger partial charge in [-0.15, -0.1) is 0 Å². The summed E-state index contributed by atoms with van der Waals surface area (Å²) in [6, 6.07) is -3.18. The van der Waals surface area contributed by atoms with Crippen molar-refractivity contribution in [1.82, 2.24) is 31.9 Å². The van der Waals surface area contributed by atoms with Crippen molar-refractivity contribution >= 4 is 41.4 Å². The molecule has 0 saturated carbocycles. The second kappa shape index (κ2) is 27.0. The fraction of sp³-hybridized carbons (Fsp3) is 0.829. The number of rotatable bonds is 28. The predicted molar refractivity (Wildman–Crippen MR) is 219 cm³/mol. The van der Waals surface area contributed by atoms with E-state index in [1.807, 2.05) is 55.4 Å². The van der Waals surface area contributed by atoms with Crippen molar-refractivity contribution in [1.29, 1.82) is 0 Å². The fourth-order valence-corrected chi connectivity index (χ4v) is 6.77. The van der Waals surface area contributed by atoms with E-state index in [1.165, 1.54) is 0 Å². The zero-order valence-corrected chi connectivity index (χ0v) is 36.4. The summed E-state index contributed by atoms with van der Waals surface area (Å²) in [4.78, 5) is 88.8. The lowest BCUT2D eigenvalue weighted by Gasteiger charge is -2.27. The number of carbonyl (C=O) groups excluding carboxylic acids is 6. The van der Waals surface area contributed by atoms with Crippen LogP contribution in [0, 0.1) is 29.6 Å². The lowest BCUT2D eigenvalue weighted by atomic mass is 9.97. The summed E-state index contributed by atoms with van der Waals surface area (Å²) < 4.78 is 0. The van der Waals surface area contributed by atoms with Gasteiger partial charge in [0, 0.05) is 74.4 Å². The Morgan fingerprint density at radius 2 is 0.768 bits per heavy atom. The Morgan fingerprint density at radius 1 is 0.429 bits per heavy atom. The normalized spacial score (nSPS) is 15.9. The Hall–Kier alpha value is -3.75. The highest BCUT2D eigenvalue weighted by atomic mass is 16.4. The van der Waals surface area contributed by atoms with Crippen LogP contribution in [0.2, 0.25) is 0 Å². The molecule has 0 aromatic heterocycles. The number of carboxylic acids is 1. The van der Waals surface area contributed by atoms with Crippen LogP contribution in [0.1, 0.15) is 147 Å². The van der Waals surface area contributed by atoms with E-state index in [4.69, 9.17) is 5.73 Å². The van der Waals surface area contributed by atoms with Gasteiger partial charge in [-0.1, -0.05) is 62.3 Å². The van der Waals surface area contributed by atoms with Crippen molar-refractivity contribution < 1.29 is 38.7 Å². The average Bonchev–Trinajstić information content (AvgIpc) is 2.97. The summed E-state index contributed by atoms with van der Waals surface area (Å²) in [5, 5.41) is 26.4. The van der Waals surface area contributed by atoms with Gasteiger partial charge >= 0.3 is 5.97 Å². The topological polar surface area (TPSA) is 238 Å². The van der Waals surface area contributed by atoms with Crippen molar-refractivity contribution in [2.24, 2.45) is 35.3 Å². The molecule has 6 amide bonds.